The summed E-state index contributed by atoms with van der Waals surface area (Å²) in [7, 11) is 0. The van der Waals surface area contributed by atoms with Gasteiger partial charge in [-0.2, -0.15) is 0 Å². The number of rotatable bonds is 2. The molecule has 0 atom stereocenters. The van der Waals surface area contributed by atoms with E-state index in [1.54, 1.807) is 12.1 Å². The molecular weight excluding hydrogens is 206 g/mol. The predicted molar refractivity (Wildman–Crippen MR) is 62.8 cm³/mol. The molecule has 0 amide bonds. The van der Waals surface area contributed by atoms with Gasteiger partial charge in [0.2, 0.25) is 0 Å². The van der Waals surface area contributed by atoms with E-state index in [1.807, 2.05) is 13.8 Å². The van der Waals surface area contributed by atoms with Crippen molar-refractivity contribution in [2.45, 2.75) is 13.8 Å². The molecule has 16 heavy (non-hydrogen) atoms. The molecule has 84 valence electrons. The van der Waals surface area contributed by atoms with Gasteiger partial charge in [0, 0.05) is 23.2 Å². The van der Waals surface area contributed by atoms with Crippen molar-refractivity contribution in [1.29, 1.82) is 0 Å². The standard InChI is InChI=1S/C12H13NO3/c1-3-15-10-6-8(13)5-9-7(2)4-11(14)16-12(9)10/h4-6H,3,13H2,1-2H3. The predicted octanol–water partition coefficient (Wildman–Crippen LogP) is 2.08. The molecule has 4 heteroatoms. The molecule has 0 saturated carbocycles. The first kappa shape index (κ1) is 10.5. The lowest BCUT2D eigenvalue weighted by molar-refractivity contribution is 0.337. The minimum Gasteiger partial charge on any atom is -0.490 e. The van der Waals surface area contributed by atoms with Crippen LogP contribution in [0.15, 0.2) is 27.4 Å². The van der Waals surface area contributed by atoms with Gasteiger partial charge in [-0.3, -0.25) is 0 Å². The van der Waals surface area contributed by atoms with Crippen molar-refractivity contribution in [1.82, 2.24) is 0 Å². The SMILES string of the molecule is CCOc1cc(N)cc2c(C)cc(=O)oc12. The number of aryl methyl sites for hydroxylation is 1. The Morgan fingerprint density at radius 3 is 2.81 bits per heavy atom. The average Bonchev–Trinajstić information content (AvgIpc) is 2.20. The van der Waals surface area contributed by atoms with Crippen molar-refractivity contribution in [2.75, 3.05) is 12.3 Å². The van der Waals surface area contributed by atoms with Crippen molar-refractivity contribution in [2.24, 2.45) is 0 Å². The maximum Gasteiger partial charge on any atom is 0.336 e. The number of benzene rings is 1. The van der Waals surface area contributed by atoms with Gasteiger partial charge in [-0.15, -0.1) is 0 Å². The molecule has 4 nitrogen and oxygen atoms in total. The summed E-state index contributed by atoms with van der Waals surface area (Å²) in [6, 6.07) is 4.88. The summed E-state index contributed by atoms with van der Waals surface area (Å²) in [5, 5.41) is 0.808. The Bertz CT molecular complexity index is 587. The monoisotopic (exact) mass is 219 g/mol. The minimum absolute atomic E-state index is 0.379. The van der Waals surface area contributed by atoms with E-state index >= 15 is 0 Å². The Balaban J connectivity index is 2.84. The highest BCUT2D eigenvalue weighted by atomic mass is 16.5. The summed E-state index contributed by atoms with van der Waals surface area (Å²) in [6.45, 7) is 4.20. The van der Waals surface area contributed by atoms with Crippen LogP contribution in [0.2, 0.25) is 0 Å². The highest BCUT2D eigenvalue weighted by Gasteiger charge is 2.09. The van der Waals surface area contributed by atoms with Crippen LogP contribution in [0.3, 0.4) is 0 Å². The Morgan fingerprint density at radius 2 is 2.12 bits per heavy atom. The van der Waals surface area contributed by atoms with Gasteiger partial charge in [0.1, 0.15) is 0 Å². The van der Waals surface area contributed by atoms with Crippen LogP contribution < -0.4 is 16.1 Å². The zero-order valence-corrected chi connectivity index (χ0v) is 9.24. The molecule has 0 bridgehead atoms. The summed E-state index contributed by atoms with van der Waals surface area (Å²) in [6.07, 6.45) is 0. The molecule has 0 spiro atoms. The molecule has 2 aromatic rings. The van der Waals surface area contributed by atoms with E-state index in [4.69, 9.17) is 14.9 Å². The van der Waals surface area contributed by atoms with Crippen molar-refractivity contribution in [3.63, 3.8) is 0 Å². The van der Waals surface area contributed by atoms with E-state index in [2.05, 4.69) is 0 Å². The molecule has 2 N–H and O–H groups in total. The van der Waals surface area contributed by atoms with Gasteiger partial charge in [-0.25, -0.2) is 4.79 Å². The highest BCUT2D eigenvalue weighted by molar-refractivity contribution is 5.88. The van der Waals surface area contributed by atoms with Gasteiger partial charge in [-0.1, -0.05) is 0 Å². The van der Waals surface area contributed by atoms with E-state index < -0.39 is 0 Å². The molecule has 0 aliphatic carbocycles. The smallest absolute Gasteiger partial charge is 0.336 e. The zero-order chi connectivity index (χ0) is 11.7. The topological polar surface area (TPSA) is 65.5 Å². The molecule has 0 unspecified atom stereocenters. The van der Waals surface area contributed by atoms with Crippen LogP contribution in [0.4, 0.5) is 5.69 Å². The zero-order valence-electron chi connectivity index (χ0n) is 9.24. The normalized spacial score (nSPS) is 10.6. The third kappa shape index (κ3) is 1.74. The molecule has 1 aromatic carbocycles. The Morgan fingerprint density at radius 1 is 1.38 bits per heavy atom. The molecule has 0 radical (unpaired) electrons. The maximum absolute atomic E-state index is 11.3. The third-order valence-electron chi connectivity index (χ3n) is 2.34. The number of ether oxygens (including phenoxy) is 1. The maximum atomic E-state index is 11.3. The molecule has 2 rings (SSSR count). The lowest BCUT2D eigenvalue weighted by Gasteiger charge is -2.08. The Hall–Kier alpha value is -1.97. The second kappa shape index (κ2) is 3.89. The number of anilines is 1. The third-order valence-corrected chi connectivity index (χ3v) is 2.34. The number of nitrogen functional groups attached to an aromatic ring is 1. The molecular formula is C12H13NO3. The van der Waals surface area contributed by atoms with Crippen LogP contribution in [-0.4, -0.2) is 6.61 Å². The van der Waals surface area contributed by atoms with Crippen LogP contribution in [0.5, 0.6) is 5.75 Å². The quantitative estimate of drug-likeness (QED) is 0.620. The van der Waals surface area contributed by atoms with Crippen LogP contribution in [-0.2, 0) is 0 Å². The van der Waals surface area contributed by atoms with Crippen LogP contribution in [0.1, 0.15) is 12.5 Å². The first-order chi connectivity index (χ1) is 7.61. The molecule has 0 aliphatic heterocycles. The molecule has 0 aliphatic rings. The first-order valence-corrected chi connectivity index (χ1v) is 5.08. The largest absolute Gasteiger partial charge is 0.490 e. The molecule has 1 aromatic heterocycles. The first-order valence-electron chi connectivity index (χ1n) is 5.08. The fourth-order valence-electron chi connectivity index (χ4n) is 1.67. The van der Waals surface area contributed by atoms with Gasteiger partial charge in [0.15, 0.2) is 11.3 Å². The van der Waals surface area contributed by atoms with Crippen molar-refractivity contribution in [3.05, 3.63) is 34.2 Å². The fourth-order valence-corrected chi connectivity index (χ4v) is 1.67. The Labute approximate surface area is 92.6 Å². The lowest BCUT2D eigenvalue weighted by Crippen LogP contribution is -2.01. The summed E-state index contributed by atoms with van der Waals surface area (Å²) in [5.41, 5.74) is 7.27. The summed E-state index contributed by atoms with van der Waals surface area (Å²) < 4.78 is 10.5. The van der Waals surface area contributed by atoms with Gasteiger partial charge in [0.05, 0.1) is 6.61 Å². The van der Waals surface area contributed by atoms with Gasteiger partial charge < -0.3 is 14.9 Å². The van der Waals surface area contributed by atoms with Crippen LogP contribution >= 0.6 is 0 Å². The number of hydrogen-bond acceptors (Lipinski definition) is 4. The van der Waals surface area contributed by atoms with E-state index in [-0.39, 0.29) is 5.63 Å². The molecule has 0 saturated heterocycles. The number of nitrogens with two attached hydrogens (primary N) is 1. The van der Waals surface area contributed by atoms with E-state index in [0.29, 0.717) is 23.6 Å². The second-order valence-electron chi connectivity index (χ2n) is 3.58. The van der Waals surface area contributed by atoms with E-state index in [9.17, 15) is 4.79 Å². The molecule has 0 fully saturated rings. The summed E-state index contributed by atoms with van der Waals surface area (Å²) in [4.78, 5) is 11.3. The van der Waals surface area contributed by atoms with Crippen molar-refractivity contribution in [3.8, 4) is 5.75 Å². The van der Waals surface area contributed by atoms with Crippen LogP contribution in [0.25, 0.3) is 11.0 Å². The van der Waals surface area contributed by atoms with Gasteiger partial charge >= 0.3 is 5.63 Å². The second-order valence-corrected chi connectivity index (χ2v) is 3.58. The lowest BCUT2D eigenvalue weighted by atomic mass is 10.1. The van der Waals surface area contributed by atoms with Gasteiger partial charge in [0.25, 0.3) is 0 Å². The average molecular weight is 219 g/mol. The van der Waals surface area contributed by atoms with E-state index in [1.165, 1.54) is 6.07 Å². The van der Waals surface area contributed by atoms with E-state index in [0.717, 1.165) is 10.9 Å². The number of hydrogen-bond donors (Lipinski definition) is 1. The fraction of sp³-hybridized carbons (Fsp3) is 0.250. The van der Waals surface area contributed by atoms with Gasteiger partial charge in [-0.05, 0) is 25.5 Å². The van der Waals surface area contributed by atoms with Crippen molar-refractivity contribution < 1.29 is 9.15 Å². The van der Waals surface area contributed by atoms with Crippen LogP contribution in [0, 0.1) is 6.92 Å². The Kier molecular flexibility index (Phi) is 2.56. The summed E-state index contributed by atoms with van der Waals surface area (Å²) in [5.74, 6) is 0.512. The summed E-state index contributed by atoms with van der Waals surface area (Å²) >= 11 is 0. The highest BCUT2D eigenvalue weighted by Crippen LogP contribution is 2.29. The minimum atomic E-state index is -0.379. The molecule has 1 heterocycles. The van der Waals surface area contributed by atoms with Crippen molar-refractivity contribution >= 4 is 16.7 Å². The number of fused-ring (bicyclic) bond motifs is 1.